The summed E-state index contributed by atoms with van der Waals surface area (Å²) >= 11 is 0. The van der Waals surface area contributed by atoms with Gasteiger partial charge in [-0.3, -0.25) is 15.0 Å². The molecule has 2 aliphatic rings. The quantitative estimate of drug-likeness (QED) is 0.646. The Balaban J connectivity index is 1.65. The van der Waals surface area contributed by atoms with E-state index < -0.39 is 0 Å². The molecule has 0 bridgehead atoms. The van der Waals surface area contributed by atoms with Crippen molar-refractivity contribution in [2.75, 3.05) is 0 Å². The summed E-state index contributed by atoms with van der Waals surface area (Å²) in [6, 6.07) is 7.01. The Morgan fingerprint density at radius 2 is 1.34 bits per heavy atom. The number of benzene rings is 1. The maximum atomic E-state index is 13.0. The van der Waals surface area contributed by atoms with E-state index >= 15 is 0 Å². The highest BCUT2D eigenvalue weighted by molar-refractivity contribution is 5.97. The molecule has 0 saturated carbocycles. The SMILES string of the molecule is CC1(C)CCC(NC(=O)c2ccc(C(=O)NN3C(C)(C)CCCC3(C)C)cc2)C(C)(C)N1. The molecule has 3 N–H and O–H groups in total. The van der Waals surface area contributed by atoms with E-state index in [1.54, 1.807) is 24.3 Å². The average Bonchev–Trinajstić information content (AvgIpc) is 2.65. The van der Waals surface area contributed by atoms with Gasteiger partial charge in [-0.15, -0.1) is 0 Å². The minimum absolute atomic E-state index is 0.0505. The zero-order valence-electron chi connectivity index (χ0n) is 21.2. The van der Waals surface area contributed by atoms with Gasteiger partial charge in [0.25, 0.3) is 11.8 Å². The van der Waals surface area contributed by atoms with Crippen LogP contribution in [0, 0.1) is 0 Å². The van der Waals surface area contributed by atoms with Gasteiger partial charge < -0.3 is 10.6 Å². The number of carbonyl (C=O) groups excluding carboxylic acids is 2. The molecular formula is C26H42N4O2. The van der Waals surface area contributed by atoms with Gasteiger partial charge in [0.2, 0.25) is 0 Å². The number of nitrogens with one attached hydrogen (secondary N) is 3. The van der Waals surface area contributed by atoms with E-state index in [4.69, 9.17) is 0 Å². The Hall–Kier alpha value is -1.92. The summed E-state index contributed by atoms with van der Waals surface area (Å²) in [4.78, 5) is 25.9. The number of hydrogen-bond acceptors (Lipinski definition) is 4. The van der Waals surface area contributed by atoms with E-state index in [2.05, 4.69) is 76.5 Å². The summed E-state index contributed by atoms with van der Waals surface area (Å²) in [5.41, 5.74) is 3.93. The fraction of sp³-hybridized carbons (Fsp3) is 0.692. The third kappa shape index (κ3) is 5.34. The van der Waals surface area contributed by atoms with E-state index in [1.807, 2.05) is 0 Å². The summed E-state index contributed by atoms with van der Waals surface area (Å²) in [5.74, 6) is -0.241. The Labute approximate surface area is 193 Å². The Kier molecular flexibility index (Phi) is 6.53. The van der Waals surface area contributed by atoms with Crippen LogP contribution in [-0.2, 0) is 0 Å². The third-order valence-electron chi connectivity index (χ3n) is 7.31. The van der Waals surface area contributed by atoms with Crippen LogP contribution < -0.4 is 16.1 Å². The summed E-state index contributed by atoms with van der Waals surface area (Å²) in [7, 11) is 0. The van der Waals surface area contributed by atoms with Crippen LogP contribution in [0.4, 0.5) is 0 Å². The second-order valence-corrected chi connectivity index (χ2v) is 12.1. The fourth-order valence-electron chi connectivity index (χ4n) is 5.62. The molecule has 1 aromatic carbocycles. The molecule has 2 saturated heterocycles. The maximum Gasteiger partial charge on any atom is 0.265 e. The molecule has 178 valence electrons. The van der Waals surface area contributed by atoms with Gasteiger partial charge in [-0.2, -0.15) is 0 Å². The van der Waals surface area contributed by atoms with Crippen molar-refractivity contribution in [1.82, 2.24) is 21.1 Å². The van der Waals surface area contributed by atoms with Crippen molar-refractivity contribution in [2.24, 2.45) is 0 Å². The van der Waals surface area contributed by atoms with Gasteiger partial charge in [0, 0.05) is 39.3 Å². The van der Waals surface area contributed by atoms with Crippen molar-refractivity contribution in [3.05, 3.63) is 35.4 Å². The highest BCUT2D eigenvalue weighted by Gasteiger charge is 2.43. The Bertz CT molecular complexity index is 839. The smallest absolute Gasteiger partial charge is 0.265 e. The lowest BCUT2D eigenvalue weighted by atomic mass is 9.79. The van der Waals surface area contributed by atoms with Crippen LogP contribution in [0.25, 0.3) is 0 Å². The number of carbonyl (C=O) groups is 2. The largest absolute Gasteiger partial charge is 0.347 e. The van der Waals surface area contributed by atoms with Gasteiger partial charge in [-0.25, -0.2) is 5.01 Å². The molecule has 2 fully saturated rings. The molecule has 3 rings (SSSR count). The summed E-state index contributed by atoms with van der Waals surface area (Å²) in [6.07, 6.45) is 5.17. The first-order valence-electron chi connectivity index (χ1n) is 11.9. The lowest BCUT2D eigenvalue weighted by Crippen LogP contribution is -2.66. The number of hydrazine groups is 1. The second kappa shape index (κ2) is 8.45. The Morgan fingerprint density at radius 1 is 0.844 bits per heavy atom. The van der Waals surface area contributed by atoms with Gasteiger partial charge in [0.1, 0.15) is 0 Å². The first kappa shape index (κ1) is 24.7. The van der Waals surface area contributed by atoms with Gasteiger partial charge in [0.15, 0.2) is 0 Å². The van der Waals surface area contributed by atoms with Crippen molar-refractivity contribution in [3.8, 4) is 0 Å². The number of rotatable bonds is 4. The topological polar surface area (TPSA) is 73.5 Å². The molecule has 32 heavy (non-hydrogen) atoms. The normalized spacial score (nSPS) is 26.2. The van der Waals surface area contributed by atoms with E-state index in [0.29, 0.717) is 11.1 Å². The second-order valence-electron chi connectivity index (χ2n) is 12.1. The summed E-state index contributed by atoms with van der Waals surface area (Å²) in [5, 5.41) is 8.93. The standard InChI is InChI=1S/C26H42N4O2/c1-23(2)17-14-20(26(7,8)29-23)27-21(31)18-10-12-19(13-11-18)22(32)28-30-24(3,4)15-9-16-25(30,5)6/h10-13,20,29H,9,14-17H2,1-8H3,(H,27,31)(H,28,32). The van der Waals surface area contributed by atoms with Gasteiger partial charge in [-0.05, 0) is 112 Å². The molecule has 6 heteroatoms. The molecule has 2 amide bonds. The van der Waals surface area contributed by atoms with Crippen LogP contribution in [0.3, 0.4) is 0 Å². The lowest BCUT2D eigenvalue weighted by molar-refractivity contribution is -0.0612. The van der Waals surface area contributed by atoms with Crippen LogP contribution in [-0.4, -0.2) is 45.0 Å². The molecule has 1 aromatic rings. The number of nitrogens with zero attached hydrogens (tertiary/aromatic N) is 1. The van der Waals surface area contributed by atoms with Gasteiger partial charge in [-0.1, -0.05) is 0 Å². The van der Waals surface area contributed by atoms with Crippen molar-refractivity contribution >= 4 is 11.8 Å². The van der Waals surface area contributed by atoms with Crippen LogP contribution in [0.2, 0.25) is 0 Å². The van der Waals surface area contributed by atoms with Gasteiger partial charge in [0.05, 0.1) is 0 Å². The van der Waals surface area contributed by atoms with Crippen molar-refractivity contribution in [3.63, 3.8) is 0 Å². The molecule has 2 heterocycles. The first-order chi connectivity index (χ1) is 14.6. The monoisotopic (exact) mass is 442 g/mol. The maximum absolute atomic E-state index is 13.0. The highest BCUT2D eigenvalue weighted by atomic mass is 16.2. The van der Waals surface area contributed by atoms with Crippen molar-refractivity contribution in [2.45, 2.75) is 116 Å². The van der Waals surface area contributed by atoms with Crippen LogP contribution in [0.5, 0.6) is 0 Å². The molecular weight excluding hydrogens is 400 g/mol. The molecule has 6 nitrogen and oxygen atoms in total. The molecule has 0 aromatic heterocycles. The fourth-order valence-corrected chi connectivity index (χ4v) is 5.62. The van der Waals surface area contributed by atoms with Gasteiger partial charge >= 0.3 is 0 Å². The molecule has 0 radical (unpaired) electrons. The van der Waals surface area contributed by atoms with E-state index in [-0.39, 0.29) is 40.0 Å². The average molecular weight is 443 g/mol. The summed E-state index contributed by atoms with van der Waals surface area (Å²) in [6.45, 7) is 17.3. The van der Waals surface area contributed by atoms with Crippen LogP contribution in [0.1, 0.15) is 108 Å². The number of piperidine rings is 2. The zero-order valence-corrected chi connectivity index (χ0v) is 21.2. The number of hydrogen-bond donors (Lipinski definition) is 3. The minimum atomic E-state index is -0.189. The summed E-state index contributed by atoms with van der Waals surface area (Å²) < 4.78 is 0. The highest BCUT2D eigenvalue weighted by Crippen LogP contribution is 2.36. The molecule has 1 atom stereocenters. The Morgan fingerprint density at radius 3 is 1.84 bits per heavy atom. The third-order valence-corrected chi connectivity index (χ3v) is 7.31. The van der Waals surface area contributed by atoms with Crippen molar-refractivity contribution < 1.29 is 9.59 Å². The van der Waals surface area contributed by atoms with E-state index in [0.717, 1.165) is 32.1 Å². The first-order valence-corrected chi connectivity index (χ1v) is 11.9. The molecule has 0 aliphatic carbocycles. The lowest BCUT2D eigenvalue weighted by Gasteiger charge is -2.52. The molecule has 2 aliphatic heterocycles. The predicted molar refractivity (Wildman–Crippen MR) is 130 cm³/mol. The minimum Gasteiger partial charge on any atom is -0.347 e. The van der Waals surface area contributed by atoms with Crippen LogP contribution in [0.15, 0.2) is 24.3 Å². The van der Waals surface area contributed by atoms with E-state index in [1.165, 1.54) is 0 Å². The molecule has 0 spiro atoms. The number of amides is 2. The molecule has 1 unspecified atom stereocenters. The van der Waals surface area contributed by atoms with E-state index in [9.17, 15) is 9.59 Å². The van der Waals surface area contributed by atoms with Crippen LogP contribution >= 0.6 is 0 Å². The zero-order chi connectivity index (χ0) is 23.9. The van der Waals surface area contributed by atoms with Crippen molar-refractivity contribution in [1.29, 1.82) is 0 Å². The predicted octanol–water partition coefficient (Wildman–Crippen LogP) is 4.41.